The number of allylic oxidation sites excluding steroid dienone is 3. The molecule has 182 valence electrons. The molecule has 6 rings (SSSR count). The van der Waals surface area contributed by atoms with Crippen molar-refractivity contribution in [2.45, 2.75) is 6.42 Å². The van der Waals surface area contributed by atoms with Crippen LogP contribution in [0, 0.1) is 0 Å². The average Bonchev–Trinajstić information content (AvgIpc) is 2.99. The lowest BCUT2D eigenvalue weighted by atomic mass is 9.85. The summed E-state index contributed by atoms with van der Waals surface area (Å²) in [5, 5.41) is 4.86. The molecule has 1 heteroatoms. The van der Waals surface area contributed by atoms with E-state index < -0.39 is 0 Å². The Morgan fingerprint density at radius 1 is 0.500 bits per heavy atom. The van der Waals surface area contributed by atoms with Crippen molar-refractivity contribution >= 4 is 27.1 Å². The largest absolute Gasteiger partial charge is 0.404 e. The Morgan fingerprint density at radius 2 is 0.974 bits per heavy atom. The van der Waals surface area contributed by atoms with Gasteiger partial charge >= 0.3 is 0 Å². The zero-order chi connectivity index (χ0) is 25.7. The predicted molar refractivity (Wildman–Crippen MR) is 164 cm³/mol. The molecule has 0 aliphatic rings. The van der Waals surface area contributed by atoms with Crippen molar-refractivity contribution in [2.24, 2.45) is 5.73 Å². The highest BCUT2D eigenvalue weighted by Crippen LogP contribution is 2.42. The summed E-state index contributed by atoms with van der Waals surface area (Å²) in [6.07, 6.45) is 6.97. The molecule has 2 N–H and O–H groups in total. The van der Waals surface area contributed by atoms with Crippen molar-refractivity contribution in [3.63, 3.8) is 0 Å². The minimum absolute atomic E-state index is 0.861. The highest BCUT2D eigenvalue weighted by atomic mass is 14.5. The molecule has 0 aliphatic carbocycles. The molecular formula is C37H29N. The summed E-state index contributed by atoms with van der Waals surface area (Å²) < 4.78 is 0. The van der Waals surface area contributed by atoms with Gasteiger partial charge in [0, 0.05) is 6.20 Å². The SMILES string of the molecule is N/C=C(\C=C/Cc1ccccc1)c1c2ccccc2c(-c2ccc(-c3ccccc3)cc2)c2ccccc12. The van der Waals surface area contributed by atoms with Gasteiger partial charge in [-0.2, -0.15) is 0 Å². The van der Waals surface area contributed by atoms with E-state index in [2.05, 4.69) is 140 Å². The zero-order valence-electron chi connectivity index (χ0n) is 21.2. The van der Waals surface area contributed by atoms with Crippen LogP contribution in [0.4, 0.5) is 0 Å². The lowest BCUT2D eigenvalue weighted by Crippen LogP contribution is -1.95. The first-order chi connectivity index (χ1) is 18.8. The van der Waals surface area contributed by atoms with Crippen LogP contribution in [-0.2, 0) is 6.42 Å². The van der Waals surface area contributed by atoms with E-state index in [0.717, 1.165) is 12.0 Å². The Bertz CT molecular complexity index is 1700. The molecule has 0 unspecified atom stereocenters. The van der Waals surface area contributed by atoms with E-state index in [0.29, 0.717) is 0 Å². The molecule has 0 fully saturated rings. The summed E-state index contributed by atoms with van der Waals surface area (Å²) in [5.74, 6) is 0. The normalized spacial score (nSPS) is 11.9. The van der Waals surface area contributed by atoms with Gasteiger partial charge in [0.15, 0.2) is 0 Å². The number of nitrogens with two attached hydrogens (primary N) is 1. The van der Waals surface area contributed by atoms with Crippen LogP contribution in [0.2, 0.25) is 0 Å². The number of hydrogen-bond acceptors (Lipinski definition) is 1. The van der Waals surface area contributed by atoms with Gasteiger partial charge in [0.2, 0.25) is 0 Å². The second-order valence-corrected chi connectivity index (χ2v) is 9.50. The second-order valence-electron chi connectivity index (χ2n) is 9.50. The van der Waals surface area contributed by atoms with Crippen LogP contribution >= 0.6 is 0 Å². The summed E-state index contributed by atoms with van der Waals surface area (Å²) in [7, 11) is 0. The molecule has 0 saturated carbocycles. The number of benzene rings is 6. The molecule has 6 aromatic carbocycles. The maximum atomic E-state index is 6.27. The Hall–Kier alpha value is -4.88. The minimum Gasteiger partial charge on any atom is -0.404 e. The number of hydrogen-bond donors (Lipinski definition) is 1. The Morgan fingerprint density at radius 3 is 1.55 bits per heavy atom. The van der Waals surface area contributed by atoms with Crippen molar-refractivity contribution in [2.75, 3.05) is 0 Å². The first kappa shape index (κ1) is 23.5. The molecule has 0 spiro atoms. The first-order valence-electron chi connectivity index (χ1n) is 13.1. The smallest absolute Gasteiger partial charge is 0.00179 e. The van der Waals surface area contributed by atoms with Crippen molar-refractivity contribution < 1.29 is 0 Å². The monoisotopic (exact) mass is 487 g/mol. The highest BCUT2D eigenvalue weighted by Gasteiger charge is 2.16. The fourth-order valence-corrected chi connectivity index (χ4v) is 5.37. The van der Waals surface area contributed by atoms with Gasteiger partial charge in [-0.1, -0.05) is 146 Å². The van der Waals surface area contributed by atoms with Gasteiger partial charge < -0.3 is 5.73 Å². The number of fused-ring (bicyclic) bond motifs is 2. The van der Waals surface area contributed by atoms with Gasteiger partial charge in [0.1, 0.15) is 0 Å². The molecule has 0 saturated heterocycles. The quantitative estimate of drug-likeness (QED) is 0.184. The highest BCUT2D eigenvalue weighted by molar-refractivity contribution is 6.19. The van der Waals surface area contributed by atoms with Crippen LogP contribution < -0.4 is 5.73 Å². The minimum atomic E-state index is 0.861. The van der Waals surface area contributed by atoms with Crippen molar-refractivity contribution in [3.05, 3.63) is 163 Å². The molecule has 0 aromatic heterocycles. The Labute approximate surface area is 224 Å². The molecular weight excluding hydrogens is 458 g/mol. The van der Waals surface area contributed by atoms with Crippen LogP contribution in [0.25, 0.3) is 49.4 Å². The van der Waals surface area contributed by atoms with Crippen LogP contribution in [0.15, 0.2) is 152 Å². The Kier molecular flexibility index (Phi) is 6.57. The van der Waals surface area contributed by atoms with Crippen LogP contribution in [0.5, 0.6) is 0 Å². The zero-order valence-corrected chi connectivity index (χ0v) is 21.2. The molecule has 0 bridgehead atoms. The third-order valence-corrected chi connectivity index (χ3v) is 7.17. The maximum Gasteiger partial charge on any atom is 0.00179 e. The second kappa shape index (κ2) is 10.6. The third-order valence-electron chi connectivity index (χ3n) is 7.17. The molecule has 6 aromatic rings. The van der Waals surface area contributed by atoms with E-state index in [-0.39, 0.29) is 0 Å². The molecule has 0 amide bonds. The van der Waals surface area contributed by atoms with E-state index in [1.165, 1.54) is 54.9 Å². The standard InChI is InChI=1S/C37H29N/c38-26-31(17-11-14-27-12-3-1-4-13-27)37-34-20-9-7-18-32(34)36(33-19-8-10-21-35(33)37)30-24-22-29(23-25-30)28-15-5-2-6-16-28/h1-13,15-26H,14,38H2/b17-11-,31-26+. The molecule has 0 aliphatic heterocycles. The number of rotatable bonds is 6. The van der Waals surface area contributed by atoms with Crippen LogP contribution in [-0.4, -0.2) is 0 Å². The lowest BCUT2D eigenvalue weighted by molar-refractivity contribution is 1.27. The summed E-state index contributed by atoms with van der Waals surface area (Å²) in [5.41, 5.74) is 14.7. The fraction of sp³-hybridized carbons (Fsp3) is 0.0270. The average molecular weight is 488 g/mol. The lowest BCUT2D eigenvalue weighted by Gasteiger charge is -2.18. The molecule has 0 heterocycles. The first-order valence-corrected chi connectivity index (χ1v) is 13.1. The summed E-state index contributed by atoms with van der Waals surface area (Å²) >= 11 is 0. The van der Waals surface area contributed by atoms with Gasteiger partial charge in [-0.3, -0.25) is 0 Å². The molecule has 0 atom stereocenters. The van der Waals surface area contributed by atoms with Crippen LogP contribution in [0.1, 0.15) is 11.1 Å². The summed E-state index contributed by atoms with van der Waals surface area (Å²) in [4.78, 5) is 0. The molecule has 1 nitrogen and oxygen atoms in total. The van der Waals surface area contributed by atoms with Crippen molar-refractivity contribution in [3.8, 4) is 22.3 Å². The summed E-state index contributed by atoms with van der Waals surface area (Å²) in [6, 6.07) is 47.3. The van der Waals surface area contributed by atoms with E-state index >= 15 is 0 Å². The van der Waals surface area contributed by atoms with Gasteiger partial charge in [0.05, 0.1) is 0 Å². The van der Waals surface area contributed by atoms with Crippen LogP contribution in [0.3, 0.4) is 0 Å². The third kappa shape index (κ3) is 4.51. The summed E-state index contributed by atoms with van der Waals surface area (Å²) in [6.45, 7) is 0. The van der Waals surface area contributed by atoms with Gasteiger partial charge in [0.25, 0.3) is 0 Å². The van der Waals surface area contributed by atoms with E-state index in [9.17, 15) is 0 Å². The topological polar surface area (TPSA) is 26.0 Å². The van der Waals surface area contributed by atoms with Crippen molar-refractivity contribution in [1.82, 2.24) is 0 Å². The Balaban J connectivity index is 1.50. The van der Waals surface area contributed by atoms with Gasteiger partial charge in [-0.25, -0.2) is 0 Å². The fourth-order valence-electron chi connectivity index (χ4n) is 5.37. The van der Waals surface area contributed by atoms with E-state index in [1.54, 1.807) is 6.20 Å². The molecule has 38 heavy (non-hydrogen) atoms. The van der Waals surface area contributed by atoms with E-state index in [1.807, 2.05) is 6.07 Å². The van der Waals surface area contributed by atoms with Gasteiger partial charge in [-0.15, -0.1) is 0 Å². The maximum absolute atomic E-state index is 6.27. The van der Waals surface area contributed by atoms with Gasteiger partial charge in [-0.05, 0) is 66.9 Å². The van der Waals surface area contributed by atoms with E-state index in [4.69, 9.17) is 5.73 Å². The molecule has 0 radical (unpaired) electrons. The van der Waals surface area contributed by atoms with Crippen molar-refractivity contribution in [1.29, 1.82) is 0 Å². The predicted octanol–water partition coefficient (Wildman–Crippen LogP) is 9.43.